The molecule has 6 heteroatoms. The smallest absolute Gasteiger partial charge is 0.191 e. The number of hydrogen-bond donors (Lipinski definition) is 2. The van der Waals surface area contributed by atoms with Crippen LogP contribution in [0.15, 0.2) is 29.3 Å². The minimum absolute atomic E-state index is 0.562. The Balaban J connectivity index is 1.70. The Bertz CT molecular complexity index is 523. The van der Waals surface area contributed by atoms with E-state index in [1.165, 1.54) is 18.4 Å². The van der Waals surface area contributed by atoms with Gasteiger partial charge in [0.05, 0.1) is 6.61 Å². The van der Waals surface area contributed by atoms with Gasteiger partial charge < -0.3 is 15.4 Å². The molecule has 0 aliphatic carbocycles. The van der Waals surface area contributed by atoms with Crippen LogP contribution >= 0.6 is 11.6 Å². The van der Waals surface area contributed by atoms with Gasteiger partial charge >= 0.3 is 0 Å². The summed E-state index contributed by atoms with van der Waals surface area (Å²) < 4.78 is 5.19. The number of hydrogen-bond acceptors (Lipinski definition) is 3. The summed E-state index contributed by atoms with van der Waals surface area (Å²) >= 11 is 6.02. The van der Waals surface area contributed by atoms with Gasteiger partial charge in [-0.3, -0.25) is 9.89 Å². The monoisotopic (exact) mass is 352 g/mol. The fourth-order valence-electron chi connectivity index (χ4n) is 3.08. The molecule has 0 radical (unpaired) electrons. The lowest BCUT2D eigenvalue weighted by molar-refractivity contribution is 0.141. The Labute approximate surface area is 150 Å². The lowest BCUT2D eigenvalue weighted by Crippen LogP contribution is -2.45. The molecule has 1 heterocycles. The second kappa shape index (κ2) is 10.5. The van der Waals surface area contributed by atoms with Gasteiger partial charge in [-0.2, -0.15) is 0 Å². The molecule has 24 heavy (non-hydrogen) atoms. The highest BCUT2D eigenvalue weighted by molar-refractivity contribution is 6.30. The van der Waals surface area contributed by atoms with Crippen LogP contribution in [0.3, 0.4) is 0 Å². The minimum atomic E-state index is 0.562. The Morgan fingerprint density at radius 1 is 1.42 bits per heavy atom. The molecule has 2 N–H and O–H groups in total. The number of methoxy groups -OCH3 is 1. The van der Waals surface area contributed by atoms with E-state index in [1.807, 2.05) is 25.2 Å². The Hall–Kier alpha value is -1.30. The molecule has 1 aromatic rings. The van der Waals surface area contributed by atoms with Gasteiger partial charge in [0.2, 0.25) is 0 Å². The highest BCUT2D eigenvalue weighted by atomic mass is 35.5. The van der Waals surface area contributed by atoms with E-state index in [9.17, 15) is 0 Å². The molecule has 1 saturated heterocycles. The normalized spacial score (nSPS) is 18.8. The van der Waals surface area contributed by atoms with Gasteiger partial charge in [-0.15, -0.1) is 0 Å². The molecule has 1 atom stereocenters. The van der Waals surface area contributed by atoms with Crippen molar-refractivity contribution >= 4 is 17.6 Å². The zero-order valence-corrected chi connectivity index (χ0v) is 15.5. The standard InChI is InChI=1S/C18H29ClN4O/c1-20-18(21-9-8-15-5-3-6-16(19)13-15)22-14-17-7-4-10-23(17)11-12-24-2/h3,5-6,13,17H,4,7-12,14H2,1-2H3,(H2,20,21,22). The molecule has 0 aromatic heterocycles. The van der Waals surface area contributed by atoms with Crippen molar-refractivity contribution in [2.45, 2.75) is 25.3 Å². The van der Waals surface area contributed by atoms with Gasteiger partial charge in [-0.05, 0) is 43.5 Å². The van der Waals surface area contributed by atoms with Gasteiger partial charge in [0.1, 0.15) is 0 Å². The number of aliphatic imine (C=N–C) groups is 1. The lowest BCUT2D eigenvalue weighted by atomic mass is 10.1. The van der Waals surface area contributed by atoms with Crippen molar-refractivity contribution in [2.75, 3.05) is 46.9 Å². The molecule has 1 unspecified atom stereocenters. The number of likely N-dealkylation sites (tertiary alicyclic amines) is 1. The molecule has 1 aliphatic rings. The summed E-state index contributed by atoms with van der Waals surface area (Å²) in [6.45, 7) is 4.71. The summed E-state index contributed by atoms with van der Waals surface area (Å²) in [5, 5.41) is 7.60. The van der Waals surface area contributed by atoms with E-state index in [0.29, 0.717) is 6.04 Å². The van der Waals surface area contributed by atoms with Gasteiger partial charge in [0.25, 0.3) is 0 Å². The van der Waals surface area contributed by atoms with E-state index in [4.69, 9.17) is 16.3 Å². The molecule has 2 rings (SSSR count). The second-order valence-corrected chi connectivity index (χ2v) is 6.52. The summed E-state index contributed by atoms with van der Waals surface area (Å²) in [5.41, 5.74) is 1.23. The van der Waals surface area contributed by atoms with E-state index in [-0.39, 0.29) is 0 Å². The molecule has 1 fully saturated rings. The molecule has 0 amide bonds. The van der Waals surface area contributed by atoms with Crippen LogP contribution in [0.4, 0.5) is 0 Å². The first-order valence-electron chi connectivity index (χ1n) is 8.65. The number of nitrogens with zero attached hydrogens (tertiary/aromatic N) is 2. The zero-order valence-electron chi connectivity index (χ0n) is 14.7. The average molecular weight is 353 g/mol. The van der Waals surface area contributed by atoms with Crippen molar-refractivity contribution < 1.29 is 4.74 Å². The molecule has 1 aromatic carbocycles. The molecule has 1 aliphatic heterocycles. The van der Waals surface area contributed by atoms with Crippen LogP contribution in [0.2, 0.25) is 5.02 Å². The van der Waals surface area contributed by atoms with Crippen molar-refractivity contribution in [1.29, 1.82) is 0 Å². The van der Waals surface area contributed by atoms with E-state index < -0.39 is 0 Å². The number of guanidine groups is 1. The Morgan fingerprint density at radius 2 is 2.29 bits per heavy atom. The first-order valence-corrected chi connectivity index (χ1v) is 9.02. The van der Waals surface area contributed by atoms with Crippen LogP contribution in [-0.4, -0.2) is 63.8 Å². The van der Waals surface area contributed by atoms with E-state index in [0.717, 1.165) is 50.2 Å². The van der Waals surface area contributed by atoms with Crippen LogP contribution in [0.5, 0.6) is 0 Å². The number of rotatable bonds is 8. The van der Waals surface area contributed by atoms with Crippen LogP contribution < -0.4 is 10.6 Å². The topological polar surface area (TPSA) is 48.9 Å². The summed E-state index contributed by atoms with van der Waals surface area (Å²) in [6, 6.07) is 8.54. The summed E-state index contributed by atoms with van der Waals surface area (Å²) in [6.07, 6.45) is 3.41. The first kappa shape index (κ1) is 19.0. The Kier molecular flexibility index (Phi) is 8.36. The third kappa shape index (κ3) is 6.30. The predicted molar refractivity (Wildman–Crippen MR) is 101 cm³/mol. The lowest BCUT2D eigenvalue weighted by Gasteiger charge is -2.25. The quantitative estimate of drug-likeness (QED) is 0.556. The molecule has 0 spiro atoms. The second-order valence-electron chi connectivity index (χ2n) is 6.08. The Morgan fingerprint density at radius 3 is 3.04 bits per heavy atom. The SMILES string of the molecule is CN=C(NCCc1cccc(Cl)c1)NCC1CCCN1CCOC. The average Bonchev–Trinajstić information content (AvgIpc) is 3.03. The maximum atomic E-state index is 6.02. The molecule has 0 bridgehead atoms. The molecular formula is C18H29ClN4O. The van der Waals surface area contributed by atoms with Crippen LogP contribution in [0.25, 0.3) is 0 Å². The maximum Gasteiger partial charge on any atom is 0.191 e. The third-order valence-corrected chi connectivity index (χ3v) is 4.64. The predicted octanol–water partition coefficient (Wildman–Crippen LogP) is 2.16. The highest BCUT2D eigenvalue weighted by Gasteiger charge is 2.23. The molecule has 5 nitrogen and oxygen atoms in total. The molecular weight excluding hydrogens is 324 g/mol. The van der Waals surface area contributed by atoms with Crippen molar-refractivity contribution in [3.05, 3.63) is 34.9 Å². The number of benzene rings is 1. The van der Waals surface area contributed by atoms with E-state index >= 15 is 0 Å². The van der Waals surface area contributed by atoms with Crippen LogP contribution in [-0.2, 0) is 11.2 Å². The van der Waals surface area contributed by atoms with Crippen molar-refractivity contribution in [1.82, 2.24) is 15.5 Å². The number of nitrogens with one attached hydrogen (secondary N) is 2. The fraction of sp³-hybridized carbons (Fsp3) is 0.611. The van der Waals surface area contributed by atoms with Crippen LogP contribution in [0, 0.1) is 0 Å². The van der Waals surface area contributed by atoms with Gasteiger partial charge in [-0.1, -0.05) is 23.7 Å². The number of halogens is 1. The van der Waals surface area contributed by atoms with Crippen LogP contribution in [0.1, 0.15) is 18.4 Å². The van der Waals surface area contributed by atoms with Gasteiger partial charge in [0.15, 0.2) is 5.96 Å². The van der Waals surface area contributed by atoms with Crippen molar-refractivity contribution in [3.63, 3.8) is 0 Å². The highest BCUT2D eigenvalue weighted by Crippen LogP contribution is 2.15. The summed E-state index contributed by atoms with van der Waals surface area (Å²) in [4.78, 5) is 6.81. The van der Waals surface area contributed by atoms with Crippen molar-refractivity contribution in [2.24, 2.45) is 4.99 Å². The van der Waals surface area contributed by atoms with Gasteiger partial charge in [-0.25, -0.2) is 0 Å². The van der Waals surface area contributed by atoms with Crippen molar-refractivity contribution in [3.8, 4) is 0 Å². The van der Waals surface area contributed by atoms with Gasteiger partial charge in [0, 0.05) is 44.9 Å². The minimum Gasteiger partial charge on any atom is -0.383 e. The first-order chi connectivity index (χ1) is 11.7. The third-order valence-electron chi connectivity index (χ3n) is 4.41. The molecule has 134 valence electrons. The zero-order chi connectivity index (χ0) is 17.2. The number of ether oxygens (including phenoxy) is 1. The largest absolute Gasteiger partial charge is 0.383 e. The van der Waals surface area contributed by atoms with E-state index in [1.54, 1.807) is 7.11 Å². The maximum absolute atomic E-state index is 6.02. The summed E-state index contributed by atoms with van der Waals surface area (Å²) in [7, 11) is 3.57. The van der Waals surface area contributed by atoms with E-state index in [2.05, 4.69) is 26.6 Å². The summed E-state index contributed by atoms with van der Waals surface area (Å²) in [5.74, 6) is 0.857. The molecule has 0 saturated carbocycles. The fourth-order valence-corrected chi connectivity index (χ4v) is 3.29.